The van der Waals surface area contributed by atoms with Crippen LogP contribution in [0.25, 0.3) is 0 Å². The summed E-state index contributed by atoms with van der Waals surface area (Å²) >= 11 is 0. The number of piperidine rings is 1. The molecule has 2 fully saturated rings. The van der Waals surface area contributed by atoms with Gasteiger partial charge in [0, 0.05) is 32.2 Å². The molecule has 0 amide bonds. The van der Waals surface area contributed by atoms with Crippen LogP contribution in [0.2, 0.25) is 0 Å². The molecule has 1 unspecified atom stereocenters. The Hall–Kier alpha value is -1.20. The number of aromatic nitrogens is 2. The molecule has 21 heavy (non-hydrogen) atoms. The molecule has 0 radical (unpaired) electrons. The molecule has 3 rings (SSSR count). The summed E-state index contributed by atoms with van der Waals surface area (Å²) in [5.41, 5.74) is 2.25. The lowest BCUT2D eigenvalue weighted by Gasteiger charge is -2.41. The fraction of sp³-hybridized carbons (Fsp3) is 0.750. The molecule has 0 saturated carbocycles. The van der Waals surface area contributed by atoms with E-state index in [4.69, 9.17) is 4.74 Å². The van der Waals surface area contributed by atoms with E-state index in [1.807, 2.05) is 6.92 Å². The van der Waals surface area contributed by atoms with Crippen LogP contribution in [0.1, 0.15) is 31.0 Å². The zero-order valence-corrected chi connectivity index (χ0v) is 13.4. The Bertz CT molecular complexity index is 485. The molecule has 0 bridgehead atoms. The van der Waals surface area contributed by atoms with Gasteiger partial charge < -0.3 is 9.64 Å². The van der Waals surface area contributed by atoms with E-state index in [1.165, 1.54) is 18.4 Å². The summed E-state index contributed by atoms with van der Waals surface area (Å²) in [7, 11) is 0. The Morgan fingerprint density at radius 2 is 1.90 bits per heavy atom. The summed E-state index contributed by atoms with van der Waals surface area (Å²) < 4.78 is 5.64. The van der Waals surface area contributed by atoms with Gasteiger partial charge in [-0.2, -0.15) is 5.10 Å². The molecule has 2 aliphatic heterocycles. The SMILES string of the molecule is Cc1cc(N2CCC(N3CCOC(C)C3)CC2)nnc1C. The van der Waals surface area contributed by atoms with E-state index in [2.05, 4.69) is 39.9 Å². The monoisotopic (exact) mass is 290 g/mol. The Kier molecular flexibility index (Phi) is 4.40. The van der Waals surface area contributed by atoms with E-state index in [1.54, 1.807) is 0 Å². The molecular formula is C16H26N4O. The predicted molar refractivity (Wildman–Crippen MR) is 83.7 cm³/mol. The first-order valence-corrected chi connectivity index (χ1v) is 8.05. The first-order chi connectivity index (χ1) is 10.1. The number of nitrogens with zero attached hydrogens (tertiary/aromatic N) is 4. The molecule has 5 nitrogen and oxygen atoms in total. The van der Waals surface area contributed by atoms with Gasteiger partial charge in [0.05, 0.1) is 18.4 Å². The van der Waals surface area contributed by atoms with Gasteiger partial charge in [-0.15, -0.1) is 5.10 Å². The molecule has 0 aliphatic carbocycles. The maximum atomic E-state index is 5.64. The minimum absolute atomic E-state index is 0.377. The second-order valence-corrected chi connectivity index (χ2v) is 6.37. The lowest BCUT2D eigenvalue weighted by molar-refractivity contribution is -0.0373. The highest BCUT2D eigenvalue weighted by molar-refractivity contribution is 5.41. The van der Waals surface area contributed by atoms with Crippen molar-refractivity contribution in [3.05, 3.63) is 17.3 Å². The third-order valence-electron chi connectivity index (χ3n) is 4.80. The van der Waals surface area contributed by atoms with Crippen molar-refractivity contribution in [3.63, 3.8) is 0 Å². The van der Waals surface area contributed by atoms with E-state index in [9.17, 15) is 0 Å². The first kappa shape index (κ1) is 14.7. The Morgan fingerprint density at radius 3 is 2.57 bits per heavy atom. The van der Waals surface area contributed by atoms with Gasteiger partial charge in [0.1, 0.15) is 0 Å². The van der Waals surface area contributed by atoms with Crippen LogP contribution in [0.5, 0.6) is 0 Å². The quantitative estimate of drug-likeness (QED) is 0.830. The Balaban J connectivity index is 1.58. The standard InChI is InChI=1S/C16H26N4O/c1-12-10-16(18-17-14(12)3)19-6-4-15(5-7-19)20-8-9-21-13(2)11-20/h10,13,15H,4-9,11H2,1-3H3. The highest BCUT2D eigenvalue weighted by Gasteiger charge is 2.28. The van der Waals surface area contributed by atoms with Crippen molar-refractivity contribution in [2.75, 3.05) is 37.7 Å². The van der Waals surface area contributed by atoms with Gasteiger partial charge in [-0.05, 0) is 45.2 Å². The third kappa shape index (κ3) is 3.35. The molecule has 3 heterocycles. The van der Waals surface area contributed by atoms with Crippen molar-refractivity contribution < 1.29 is 4.74 Å². The van der Waals surface area contributed by atoms with Crippen molar-refractivity contribution >= 4 is 5.82 Å². The number of anilines is 1. The number of aryl methyl sites for hydroxylation is 2. The maximum absolute atomic E-state index is 5.64. The highest BCUT2D eigenvalue weighted by Crippen LogP contribution is 2.23. The molecule has 0 aromatic carbocycles. The molecule has 1 aromatic rings. The normalized spacial score (nSPS) is 25.3. The maximum Gasteiger partial charge on any atom is 0.151 e. The van der Waals surface area contributed by atoms with Gasteiger partial charge in [0.25, 0.3) is 0 Å². The molecule has 1 atom stereocenters. The predicted octanol–water partition coefficient (Wildman–Crippen LogP) is 1.78. The largest absolute Gasteiger partial charge is 0.376 e. The van der Waals surface area contributed by atoms with Crippen LogP contribution in [-0.4, -0.2) is 60.0 Å². The molecule has 1 aromatic heterocycles. The molecule has 0 spiro atoms. The summed E-state index contributed by atoms with van der Waals surface area (Å²) in [5, 5.41) is 8.61. The fourth-order valence-electron chi connectivity index (χ4n) is 3.32. The molecule has 5 heteroatoms. The third-order valence-corrected chi connectivity index (χ3v) is 4.80. The number of morpholine rings is 1. The Labute approximate surface area is 127 Å². The van der Waals surface area contributed by atoms with Crippen molar-refractivity contribution in [1.82, 2.24) is 15.1 Å². The van der Waals surface area contributed by atoms with Crippen LogP contribution in [-0.2, 0) is 4.74 Å². The molecule has 2 aliphatic rings. The van der Waals surface area contributed by atoms with Crippen molar-refractivity contribution in [2.45, 2.75) is 45.8 Å². The number of rotatable bonds is 2. The van der Waals surface area contributed by atoms with Crippen LogP contribution in [0, 0.1) is 13.8 Å². The molecule has 2 saturated heterocycles. The van der Waals surface area contributed by atoms with Crippen LogP contribution in [0.15, 0.2) is 6.07 Å². The van der Waals surface area contributed by atoms with E-state index in [0.717, 1.165) is 44.3 Å². The van der Waals surface area contributed by atoms with Crippen LogP contribution in [0.3, 0.4) is 0 Å². The topological polar surface area (TPSA) is 41.5 Å². The smallest absolute Gasteiger partial charge is 0.151 e. The first-order valence-electron chi connectivity index (χ1n) is 8.05. The summed E-state index contributed by atoms with van der Waals surface area (Å²) in [6, 6.07) is 2.87. The highest BCUT2D eigenvalue weighted by atomic mass is 16.5. The van der Waals surface area contributed by atoms with Crippen LogP contribution < -0.4 is 4.90 Å². The van der Waals surface area contributed by atoms with E-state index >= 15 is 0 Å². The summed E-state index contributed by atoms with van der Waals surface area (Å²) in [5.74, 6) is 1.03. The van der Waals surface area contributed by atoms with Crippen LogP contribution in [0.4, 0.5) is 5.82 Å². The van der Waals surface area contributed by atoms with Gasteiger partial charge in [-0.25, -0.2) is 0 Å². The minimum atomic E-state index is 0.377. The zero-order chi connectivity index (χ0) is 14.8. The second kappa shape index (κ2) is 6.28. The lowest BCUT2D eigenvalue weighted by Crippen LogP contribution is -2.51. The molecular weight excluding hydrogens is 264 g/mol. The Morgan fingerprint density at radius 1 is 1.14 bits per heavy atom. The second-order valence-electron chi connectivity index (χ2n) is 6.37. The van der Waals surface area contributed by atoms with Gasteiger partial charge in [0.2, 0.25) is 0 Å². The minimum Gasteiger partial charge on any atom is -0.376 e. The van der Waals surface area contributed by atoms with Crippen molar-refractivity contribution in [2.24, 2.45) is 0 Å². The van der Waals surface area contributed by atoms with E-state index in [0.29, 0.717) is 12.1 Å². The summed E-state index contributed by atoms with van der Waals surface area (Å²) in [6.45, 7) is 11.5. The average Bonchev–Trinajstić information content (AvgIpc) is 2.50. The van der Waals surface area contributed by atoms with E-state index in [-0.39, 0.29) is 0 Å². The zero-order valence-electron chi connectivity index (χ0n) is 13.4. The van der Waals surface area contributed by atoms with Crippen LogP contribution >= 0.6 is 0 Å². The van der Waals surface area contributed by atoms with E-state index < -0.39 is 0 Å². The molecule has 116 valence electrons. The van der Waals surface area contributed by atoms with Crippen molar-refractivity contribution in [3.8, 4) is 0 Å². The summed E-state index contributed by atoms with van der Waals surface area (Å²) in [4.78, 5) is 4.98. The van der Waals surface area contributed by atoms with Gasteiger partial charge >= 0.3 is 0 Å². The number of hydrogen-bond acceptors (Lipinski definition) is 5. The molecule has 0 N–H and O–H groups in total. The number of ether oxygens (including phenoxy) is 1. The average molecular weight is 290 g/mol. The van der Waals surface area contributed by atoms with Gasteiger partial charge in [-0.3, -0.25) is 4.90 Å². The van der Waals surface area contributed by atoms with Crippen molar-refractivity contribution in [1.29, 1.82) is 0 Å². The fourth-order valence-corrected chi connectivity index (χ4v) is 3.32. The van der Waals surface area contributed by atoms with Gasteiger partial charge in [0.15, 0.2) is 5.82 Å². The summed E-state index contributed by atoms with van der Waals surface area (Å²) in [6.07, 6.45) is 2.80. The van der Waals surface area contributed by atoms with Gasteiger partial charge in [-0.1, -0.05) is 0 Å². The lowest BCUT2D eigenvalue weighted by atomic mass is 10.0. The number of hydrogen-bond donors (Lipinski definition) is 0.